The maximum Gasteiger partial charge on any atom is 0.236 e. The quantitative estimate of drug-likeness (QED) is 0.841. The molecule has 2 aliphatic rings. The van der Waals surface area contributed by atoms with E-state index in [4.69, 9.17) is 0 Å². The molecular weight excluding hydrogens is 288 g/mol. The van der Waals surface area contributed by atoms with Crippen LogP contribution in [0.15, 0.2) is 18.2 Å². The summed E-state index contributed by atoms with van der Waals surface area (Å²) >= 11 is 0. The van der Waals surface area contributed by atoms with E-state index >= 15 is 0 Å². The number of rotatable bonds is 4. The number of fused-ring (bicyclic) bond motifs is 1. The van der Waals surface area contributed by atoms with E-state index in [0.717, 1.165) is 37.6 Å². The summed E-state index contributed by atoms with van der Waals surface area (Å²) in [6.07, 6.45) is 2.54. The highest BCUT2D eigenvalue weighted by atomic mass is 16.2. The summed E-state index contributed by atoms with van der Waals surface area (Å²) in [5.41, 5.74) is 2.24. The minimum absolute atomic E-state index is 0.204. The van der Waals surface area contributed by atoms with Crippen molar-refractivity contribution >= 4 is 5.91 Å². The highest BCUT2D eigenvalue weighted by molar-refractivity contribution is 5.77. The number of aromatic nitrogens is 1. The molecule has 3 rings (SSSR count). The average molecular weight is 316 g/mol. The van der Waals surface area contributed by atoms with Crippen molar-refractivity contribution in [3.63, 3.8) is 0 Å². The van der Waals surface area contributed by atoms with E-state index in [9.17, 15) is 4.79 Å². The number of likely N-dealkylation sites (N-methyl/N-ethyl adjacent to an activating group) is 1. The second-order valence-electron chi connectivity index (χ2n) is 7.19. The molecule has 1 amide bonds. The van der Waals surface area contributed by atoms with E-state index in [0.29, 0.717) is 18.5 Å². The molecule has 2 fully saturated rings. The van der Waals surface area contributed by atoms with Crippen LogP contribution in [0.3, 0.4) is 0 Å². The first-order chi connectivity index (χ1) is 11.0. The number of carbonyl (C=O) groups is 1. The van der Waals surface area contributed by atoms with Crippen molar-refractivity contribution < 1.29 is 4.79 Å². The Kier molecular flexibility index (Phi) is 4.97. The lowest BCUT2D eigenvalue weighted by Crippen LogP contribution is -2.45. The molecule has 0 aromatic carbocycles. The van der Waals surface area contributed by atoms with Gasteiger partial charge in [-0.25, -0.2) is 0 Å². The van der Waals surface area contributed by atoms with Gasteiger partial charge in [-0.05, 0) is 44.4 Å². The molecule has 0 unspecified atom stereocenters. The molecular formula is C18H28N4O. The van der Waals surface area contributed by atoms with Crippen molar-refractivity contribution in [3.8, 4) is 0 Å². The van der Waals surface area contributed by atoms with Crippen LogP contribution >= 0.6 is 0 Å². The van der Waals surface area contributed by atoms with Gasteiger partial charge >= 0.3 is 0 Å². The number of hydrogen-bond acceptors (Lipinski definition) is 4. The summed E-state index contributed by atoms with van der Waals surface area (Å²) in [7, 11) is 3.67. The Morgan fingerprint density at radius 1 is 1.35 bits per heavy atom. The van der Waals surface area contributed by atoms with Crippen LogP contribution in [0.4, 0.5) is 0 Å². The SMILES string of the molecule is Cc1cccc(CN2CCC[C@@H]3CN(CC(=O)N(C)C)C[C@@H]32)n1. The van der Waals surface area contributed by atoms with Gasteiger partial charge in [-0.1, -0.05) is 6.07 Å². The van der Waals surface area contributed by atoms with E-state index in [1.807, 2.05) is 27.1 Å². The van der Waals surface area contributed by atoms with Crippen LogP contribution in [-0.2, 0) is 11.3 Å². The summed E-state index contributed by atoms with van der Waals surface area (Å²) in [5, 5.41) is 0. The van der Waals surface area contributed by atoms with Gasteiger partial charge in [0.15, 0.2) is 0 Å². The third-order valence-electron chi connectivity index (χ3n) is 5.14. The molecule has 5 heteroatoms. The molecule has 23 heavy (non-hydrogen) atoms. The number of likely N-dealkylation sites (tertiary alicyclic amines) is 2. The number of carbonyl (C=O) groups excluding carboxylic acids is 1. The largest absolute Gasteiger partial charge is 0.348 e. The fourth-order valence-corrected chi connectivity index (χ4v) is 3.91. The first-order valence-electron chi connectivity index (χ1n) is 8.62. The van der Waals surface area contributed by atoms with Gasteiger partial charge in [0.05, 0.1) is 12.2 Å². The Morgan fingerprint density at radius 3 is 2.91 bits per heavy atom. The molecule has 0 bridgehead atoms. The second kappa shape index (κ2) is 6.97. The van der Waals surface area contributed by atoms with Crippen molar-refractivity contribution in [2.24, 2.45) is 5.92 Å². The minimum atomic E-state index is 0.204. The first-order valence-corrected chi connectivity index (χ1v) is 8.62. The van der Waals surface area contributed by atoms with Crippen molar-refractivity contribution in [3.05, 3.63) is 29.6 Å². The zero-order valence-corrected chi connectivity index (χ0v) is 14.5. The topological polar surface area (TPSA) is 39.7 Å². The van der Waals surface area contributed by atoms with Gasteiger partial charge in [-0.3, -0.25) is 19.6 Å². The number of piperidine rings is 1. The molecule has 0 radical (unpaired) electrons. The first kappa shape index (κ1) is 16.4. The molecule has 126 valence electrons. The molecule has 0 aliphatic carbocycles. The molecule has 2 saturated heterocycles. The molecule has 2 aliphatic heterocycles. The Bertz CT molecular complexity index is 560. The monoisotopic (exact) mass is 316 g/mol. The van der Waals surface area contributed by atoms with Crippen molar-refractivity contribution in [1.29, 1.82) is 0 Å². The van der Waals surface area contributed by atoms with E-state index < -0.39 is 0 Å². The van der Waals surface area contributed by atoms with E-state index in [1.54, 1.807) is 4.90 Å². The summed E-state index contributed by atoms with van der Waals surface area (Å²) in [4.78, 5) is 23.2. The summed E-state index contributed by atoms with van der Waals surface area (Å²) in [6.45, 7) is 6.74. The lowest BCUT2D eigenvalue weighted by molar-refractivity contribution is -0.129. The predicted molar refractivity (Wildman–Crippen MR) is 91.0 cm³/mol. The van der Waals surface area contributed by atoms with Gasteiger partial charge in [0, 0.05) is 45.5 Å². The number of hydrogen-bond donors (Lipinski definition) is 0. The lowest BCUT2D eigenvalue weighted by Gasteiger charge is -2.36. The summed E-state index contributed by atoms with van der Waals surface area (Å²) < 4.78 is 0. The Morgan fingerprint density at radius 2 is 2.17 bits per heavy atom. The van der Waals surface area contributed by atoms with Crippen LogP contribution in [0.5, 0.6) is 0 Å². The second-order valence-corrected chi connectivity index (χ2v) is 7.19. The van der Waals surface area contributed by atoms with E-state index in [2.05, 4.69) is 26.9 Å². The standard InChI is InChI=1S/C18H28N4O/c1-14-6-4-8-16(19-14)11-22-9-5-7-15-10-21(12-17(15)22)13-18(23)20(2)3/h4,6,8,15,17H,5,7,9-13H2,1-3H3/t15-,17+/m1/s1. The molecule has 2 atom stereocenters. The van der Waals surface area contributed by atoms with Crippen LogP contribution in [0.1, 0.15) is 24.2 Å². The number of amides is 1. The van der Waals surface area contributed by atoms with Crippen molar-refractivity contribution in [2.45, 2.75) is 32.4 Å². The normalized spacial score (nSPS) is 25.3. The zero-order chi connectivity index (χ0) is 16.4. The lowest BCUT2D eigenvalue weighted by atomic mass is 9.92. The number of aryl methyl sites for hydroxylation is 1. The molecule has 3 heterocycles. The fraction of sp³-hybridized carbons (Fsp3) is 0.667. The number of pyridine rings is 1. The third kappa shape index (κ3) is 3.90. The van der Waals surface area contributed by atoms with Crippen LogP contribution < -0.4 is 0 Å². The van der Waals surface area contributed by atoms with Crippen LogP contribution in [0, 0.1) is 12.8 Å². The van der Waals surface area contributed by atoms with Gasteiger partial charge in [-0.2, -0.15) is 0 Å². The molecule has 0 saturated carbocycles. The van der Waals surface area contributed by atoms with Gasteiger partial charge < -0.3 is 4.90 Å². The van der Waals surface area contributed by atoms with Crippen LogP contribution in [0.25, 0.3) is 0 Å². The molecule has 1 aromatic heterocycles. The Labute approximate surface area is 139 Å². The number of nitrogens with zero attached hydrogens (tertiary/aromatic N) is 4. The fourth-order valence-electron chi connectivity index (χ4n) is 3.91. The van der Waals surface area contributed by atoms with Crippen LogP contribution in [-0.4, -0.2) is 71.9 Å². The highest BCUT2D eigenvalue weighted by Gasteiger charge is 2.39. The maximum absolute atomic E-state index is 12.0. The van der Waals surface area contributed by atoms with Gasteiger partial charge in [0.1, 0.15) is 0 Å². The van der Waals surface area contributed by atoms with Crippen molar-refractivity contribution in [1.82, 2.24) is 19.7 Å². The summed E-state index contributed by atoms with van der Waals surface area (Å²) in [5.74, 6) is 0.902. The molecule has 1 aromatic rings. The smallest absolute Gasteiger partial charge is 0.236 e. The van der Waals surface area contributed by atoms with Crippen molar-refractivity contribution in [2.75, 3.05) is 40.3 Å². The van der Waals surface area contributed by atoms with Gasteiger partial charge in [-0.15, -0.1) is 0 Å². The van der Waals surface area contributed by atoms with E-state index in [-0.39, 0.29) is 5.91 Å². The highest BCUT2D eigenvalue weighted by Crippen LogP contribution is 2.31. The summed E-state index contributed by atoms with van der Waals surface area (Å²) in [6, 6.07) is 6.84. The third-order valence-corrected chi connectivity index (χ3v) is 5.14. The maximum atomic E-state index is 12.0. The minimum Gasteiger partial charge on any atom is -0.348 e. The molecule has 0 spiro atoms. The molecule has 0 N–H and O–H groups in total. The van der Waals surface area contributed by atoms with Gasteiger partial charge in [0.25, 0.3) is 0 Å². The molecule has 5 nitrogen and oxygen atoms in total. The Balaban J connectivity index is 1.63. The van der Waals surface area contributed by atoms with Gasteiger partial charge in [0.2, 0.25) is 5.91 Å². The average Bonchev–Trinajstić information content (AvgIpc) is 2.90. The predicted octanol–water partition coefficient (Wildman–Crippen LogP) is 1.37. The van der Waals surface area contributed by atoms with E-state index in [1.165, 1.54) is 12.8 Å². The van der Waals surface area contributed by atoms with Crippen LogP contribution in [0.2, 0.25) is 0 Å². The Hall–Kier alpha value is -1.46. The zero-order valence-electron chi connectivity index (χ0n) is 14.5.